The van der Waals surface area contributed by atoms with E-state index < -0.39 is 0 Å². The minimum Gasteiger partial charge on any atom is -0.508 e. The van der Waals surface area contributed by atoms with Gasteiger partial charge in [-0.15, -0.1) is 0 Å². The van der Waals surface area contributed by atoms with Crippen LogP contribution in [-0.4, -0.2) is 24.2 Å². The van der Waals surface area contributed by atoms with Crippen molar-refractivity contribution in [2.45, 2.75) is 6.42 Å². The van der Waals surface area contributed by atoms with Gasteiger partial charge in [0.15, 0.2) is 5.78 Å². The quantitative estimate of drug-likeness (QED) is 0.878. The van der Waals surface area contributed by atoms with Crippen molar-refractivity contribution < 1.29 is 14.6 Å². The molecule has 110 valence electrons. The Morgan fingerprint density at radius 3 is 2.82 bits per heavy atom. The summed E-state index contributed by atoms with van der Waals surface area (Å²) in [4.78, 5) is 16.8. The standard InChI is InChI=1S/C18H15NO3/c1-22-16-4-5-17-13(9-16)6-7-19-11-14-8-15(20)3-2-12(14)10-18(17)21/h2-9,11,20H,10H2,1H3/b7-6-,19-11?. The van der Waals surface area contributed by atoms with Gasteiger partial charge in [0.1, 0.15) is 11.5 Å². The topological polar surface area (TPSA) is 58.9 Å². The van der Waals surface area contributed by atoms with E-state index in [9.17, 15) is 9.90 Å². The van der Waals surface area contributed by atoms with Crippen molar-refractivity contribution in [3.63, 3.8) is 0 Å². The molecule has 0 unspecified atom stereocenters. The molecular formula is C18H15NO3. The van der Waals surface area contributed by atoms with Gasteiger partial charge in [-0.3, -0.25) is 9.79 Å². The molecule has 0 radical (unpaired) electrons. The number of nitrogens with zero attached hydrogens (tertiary/aromatic N) is 1. The van der Waals surface area contributed by atoms with E-state index in [0.29, 0.717) is 11.3 Å². The Balaban J connectivity index is 2.10. The van der Waals surface area contributed by atoms with Crippen LogP contribution in [0.4, 0.5) is 0 Å². The number of carbonyl (C=O) groups excluding carboxylic acids is 1. The van der Waals surface area contributed by atoms with E-state index in [-0.39, 0.29) is 18.0 Å². The summed E-state index contributed by atoms with van der Waals surface area (Å²) < 4.78 is 5.20. The molecule has 0 amide bonds. The molecule has 0 fully saturated rings. The predicted octanol–water partition coefficient (Wildman–Crippen LogP) is 3.23. The number of methoxy groups -OCH3 is 1. The minimum absolute atomic E-state index is 0.0181. The fourth-order valence-corrected chi connectivity index (χ4v) is 2.44. The molecule has 0 bridgehead atoms. The lowest BCUT2D eigenvalue weighted by Crippen LogP contribution is -2.08. The Morgan fingerprint density at radius 2 is 2.00 bits per heavy atom. The van der Waals surface area contributed by atoms with Gasteiger partial charge in [-0.25, -0.2) is 0 Å². The average Bonchev–Trinajstić information content (AvgIpc) is 2.53. The molecule has 2 aromatic carbocycles. The molecule has 0 atom stereocenters. The van der Waals surface area contributed by atoms with Crippen molar-refractivity contribution >= 4 is 18.1 Å². The summed E-state index contributed by atoms with van der Waals surface area (Å²) in [5.41, 5.74) is 3.00. The summed E-state index contributed by atoms with van der Waals surface area (Å²) in [6.45, 7) is 0. The number of ketones is 1. The zero-order chi connectivity index (χ0) is 15.5. The van der Waals surface area contributed by atoms with Gasteiger partial charge in [-0.2, -0.15) is 0 Å². The molecule has 4 nitrogen and oxygen atoms in total. The SMILES string of the molecule is COc1ccc2c(c1)/C=C\N=Cc1cc(O)ccc1CC2=O. The van der Waals surface area contributed by atoms with Crippen molar-refractivity contribution in [3.8, 4) is 11.5 Å². The lowest BCUT2D eigenvalue weighted by atomic mass is 9.95. The van der Waals surface area contributed by atoms with Gasteiger partial charge < -0.3 is 9.84 Å². The number of benzene rings is 2. The van der Waals surface area contributed by atoms with Crippen LogP contribution >= 0.6 is 0 Å². The third kappa shape index (κ3) is 2.76. The Kier molecular flexibility index (Phi) is 3.74. The second-order valence-electron chi connectivity index (χ2n) is 5.03. The van der Waals surface area contributed by atoms with Gasteiger partial charge in [0.25, 0.3) is 0 Å². The maximum Gasteiger partial charge on any atom is 0.167 e. The lowest BCUT2D eigenvalue weighted by Gasteiger charge is -2.11. The largest absolute Gasteiger partial charge is 0.508 e. The first-order valence-corrected chi connectivity index (χ1v) is 6.90. The van der Waals surface area contributed by atoms with Crippen molar-refractivity contribution in [1.82, 2.24) is 0 Å². The predicted molar refractivity (Wildman–Crippen MR) is 85.8 cm³/mol. The number of aliphatic imine (C=N–C) groups is 1. The highest BCUT2D eigenvalue weighted by molar-refractivity contribution is 6.02. The van der Waals surface area contributed by atoms with E-state index in [0.717, 1.165) is 16.7 Å². The molecule has 1 N–H and O–H groups in total. The van der Waals surface area contributed by atoms with Crippen molar-refractivity contribution in [2.75, 3.05) is 7.11 Å². The third-order valence-electron chi connectivity index (χ3n) is 3.59. The van der Waals surface area contributed by atoms with Crippen LogP contribution in [0.2, 0.25) is 0 Å². The summed E-state index contributed by atoms with van der Waals surface area (Å²) in [6, 6.07) is 10.3. The van der Waals surface area contributed by atoms with E-state index in [4.69, 9.17) is 4.74 Å². The zero-order valence-corrected chi connectivity index (χ0v) is 12.1. The molecule has 2 aromatic rings. The highest BCUT2D eigenvalue weighted by atomic mass is 16.5. The summed E-state index contributed by atoms with van der Waals surface area (Å²) in [6.07, 6.45) is 5.31. The summed E-state index contributed by atoms with van der Waals surface area (Å²) in [5.74, 6) is 0.871. The number of phenolic OH excluding ortho intramolecular Hbond substituents is 1. The van der Waals surface area contributed by atoms with Crippen LogP contribution < -0.4 is 4.74 Å². The maximum absolute atomic E-state index is 12.6. The lowest BCUT2D eigenvalue weighted by molar-refractivity contribution is 0.0992. The first-order valence-electron chi connectivity index (χ1n) is 6.90. The van der Waals surface area contributed by atoms with Crippen LogP contribution in [0.25, 0.3) is 6.08 Å². The summed E-state index contributed by atoms with van der Waals surface area (Å²) in [5, 5.41) is 9.58. The third-order valence-corrected chi connectivity index (χ3v) is 3.59. The monoisotopic (exact) mass is 293 g/mol. The number of hydrogen-bond acceptors (Lipinski definition) is 4. The first kappa shape index (κ1) is 14.1. The molecule has 1 aliphatic rings. The van der Waals surface area contributed by atoms with Crippen LogP contribution in [0.1, 0.15) is 27.0 Å². The van der Waals surface area contributed by atoms with Crippen LogP contribution in [0, 0.1) is 0 Å². The number of carbonyl (C=O) groups is 1. The van der Waals surface area contributed by atoms with E-state index >= 15 is 0 Å². The number of hydrogen-bond donors (Lipinski definition) is 1. The Morgan fingerprint density at radius 1 is 1.14 bits per heavy atom. The average molecular weight is 293 g/mol. The van der Waals surface area contributed by atoms with Gasteiger partial charge in [0, 0.05) is 30.0 Å². The first-order chi connectivity index (χ1) is 10.7. The van der Waals surface area contributed by atoms with Crippen molar-refractivity contribution in [3.05, 3.63) is 64.9 Å². The molecule has 3 rings (SSSR count). The summed E-state index contributed by atoms with van der Waals surface area (Å²) >= 11 is 0. The molecule has 1 heterocycles. The van der Waals surface area contributed by atoms with Crippen LogP contribution in [0.15, 0.2) is 47.6 Å². The van der Waals surface area contributed by atoms with Crippen molar-refractivity contribution in [2.24, 2.45) is 4.99 Å². The molecule has 0 spiro atoms. The number of Topliss-reactive ketones (excluding diaryl/α,β-unsaturated/α-hetero) is 1. The second kappa shape index (κ2) is 5.85. The van der Waals surface area contributed by atoms with E-state index in [1.54, 1.807) is 55.9 Å². The highest BCUT2D eigenvalue weighted by Gasteiger charge is 2.14. The number of aromatic hydroxyl groups is 1. The van der Waals surface area contributed by atoms with Gasteiger partial charge in [-0.05, 0) is 47.5 Å². The van der Waals surface area contributed by atoms with Crippen molar-refractivity contribution in [1.29, 1.82) is 0 Å². The fraction of sp³-hybridized carbons (Fsp3) is 0.111. The number of rotatable bonds is 1. The molecule has 1 aliphatic heterocycles. The molecule has 0 saturated carbocycles. The molecule has 0 saturated heterocycles. The van der Waals surface area contributed by atoms with Crippen LogP contribution in [0.3, 0.4) is 0 Å². The van der Waals surface area contributed by atoms with Gasteiger partial charge in [-0.1, -0.05) is 6.07 Å². The molecule has 0 aliphatic carbocycles. The van der Waals surface area contributed by atoms with E-state index in [1.807, 2.05) is 6.07 Å². The molecular weight excluding hydrogens is 278 g/mol. The maximum atomic E-state index is 12.6. The highest BCUT2D eigenvalue weighted by Crippen LogP contribution is 2.23. The van der Waals surface area contributed by atoms with Gasteiger partial charge >= 0.3 is 0 Å². The Labute approximate surface area is 128 Å². The molecule has 4 heteroatoms. The van der Waals surface area contributed by atoms with E-state index in [1.165, 1.54) is 0 Å². The normalized spacial score (nSPS) is 14.9. The molecule has 0 aromatic heterocycles. The van der Waals surface area contributed by atoms with Crippen LogP contribution in [0.5, 0.6) is 11.5 Å². The summed E-state index contributed by atoms with van der Waals surface area (Å²) in [7, 11) is 1.59. The second-order valence-corrected chi connectivity index (χ2v) is 5.03. The Hall–Kier alpha value is -2.88. The number of phenols is 1. The number of ether oxygens (including phenoxy) is 1. The van der Waals surface area contributed by atoms with Gasteiger partial charge in [0.05, 0.1) is 7.11 Å². The minimum atomic E-state index is 0.0181. The Bertz CT molecular complexity index is 791. The molecule has 22 heavy (non-hydrogen) atoms. The van der Waals surface area contributed by atoms with Gasteiger partial charge in [0.2, 0.25) is 0 Å². The fourth-order valence-electron chi connectivity index (χ4n) is 2.44. The zero-order valence-electron chi connectivity index (χ0n) is 12.1. The van der Waals surface area contributed by atoms with Crippen LogP contribution in [-0.2, 0) is 6.42 Å². The number of fused-ring (bicyclic) bond motifs is 2. The van der Waals surface area contributed by atoms with E-state index in [2.05, 4.69) is 4.99 Å². The smallest absolute Gasteiger partial charge is 0.167 e.